The normalized spacial score (nSPS) is 13.8. The minimum Gasteiger partial charge on any atom is -0.350 e. The third-order valence-corrected chi connectivity index (χ3v) is 4.61. The highest BCUT2D eigenvalue weighted by molar-refractivity contribution is 6.07. The van der Waals surface area contributed by atoms with Gasteiger partial charge in [-0.15, -0.1) is 0 Å². The van der Waals surface area contributed by atoms with Crippen molar-refractivity contribution in [1.29, 1.82) is 0 Å². The monoisotopic (exact) mass is 319 g/mol. The van der Waals surface area contributed by atoms with Crippen molar-refractivity contribution in [2.45, 2.75) is 20.0 Å². The van der Waals surface area contributed by atoms with Crippen LogP contribution in [-0.4, -0.2) is 23.6 Å². The van der Waals surface area contributed by atoms with Gasteiger partial charge in [0.25, 0.3) is 5.91 Å². The van der Waals surface area contributed by atoms with Gasteiger partial charge in [-0.3, -0.25) is 4.79 Å². The van der Waals surface area contributed by atoms with Crippen molar-refractivity contribution in [2.24, 2.45) is 0 Å². The Morgan fingerprint density at radius 3 is 2.79 bits per heavy atom. The van der Waals surface area contributed by atoms with E-state index in [1.165, 1.54) is 16.8 Å². The summed E-state index contributed by atoms with van der Waals surface area (Å²) in [4.78, 5) is 12.3. The maximum atomic E-state index is 12.3. The van der Waals surface area contributed by atoms with Crippen LogP contribution in [0.4, 0.5) is 0 Å². The molecular formula is C20H21N3O. The smallest absolute Gasteiger partial charge is 0.253 e. The number of carbonyl (C=O) groups excluding carboxylic acids is 1. The number of amides is 1. The fourth-order valence-electron chi connectivity index (χ4n) is 3.42. The van der Waals surface area contributed by atoms with Crippen LogP contribution in [0.25, 0.3) is 22.2 Å². The number of hydrogen-bond acceptors (Lipinski definition) is 2. The minimum atomic E-state index is 0.0185. The van der Waals surface area contributed by atoms with Crippen LogP contribution in [-0.2, 0) is 13.1 Å². The number of rotatable bonds is 4. The van der Waals surface area contributed by atoms with Crippen molar-refractivity contribution in [3.05, 3.63) is 59.7 Å². The molecule has 0 saturated carbocycles. The lowest BCUT2D eigenvalue weighted by molar-refractivity contribution is 0.0956. The Balaban J connectivity index is 1.81. The summed E-state index contributed by atoms with van der Waals surface area (Å²) in [6.07, 6.45) is 0. The molecule has 4 rings (SSSR count). The number of carbonyl (C=O) groups is 1. The lowest BCUT2D eigenvalue weighted by Crippen LogP contribution is -2.24. The third kappa shape index (κ3) is 2.49. The molecule has 1 amide bonds. The first-order valence-corrected chi connectivity index (χ1v) is 8.48. The Kier molecular flexibility index (Phi) is 3.82. The SMILES string of the molecule is CCNCc1ccc(-c2cc3cccc4c3n2CCNC4=O)cc1. The fourth-order valence-corrected chi connectivity index (χ4v) is 3.42. The molecule has 0 aliphatic carbocycles. The Hall–Kier alpha value is -2.59. The molecule has 0 fully saturated rings. The van der Waals surface area contributed by atoms with E-state index in [9.17, 15) is 4.79 Å². The zero-order chi connectivity index (χ0) is 16.5. The van der Waals surface area contributed by atoms with E-state index < -0.39 is 0 Å². The Bertz CT molecular complexity index is 893. The van der Waals surface area contributed by atoms with Gasteiger partial charge in [-0.2, -0.15) is 0 Å². The van der Waals surface area contributed by atoms with Gasteiger partial charge in [-0.25, -0.2) is 0 Å². The number of para-hydroxylation sites is 1. The maximum absolute atomic E-state index is 12.3. The first-order valence-electron chi connectivity index (χ1n) is 8.48. The molecule has 122 valence electrons. The third-order valence-electron chi connectivity index (χ3n) is 4.61. The predicted octanol–water partition coefficient (Wildman–Crippen LogP) is 3.16. The fraction of sp³-hybridized carbons (Fsp3) is 0.250. The molecule has 0 spiro atoms. The molecule has 1 aliphatic rings. The summed E-state index contributed by atoms with van der Waals surface area (Å²) in [7, 11) is 0. The van der Waals surface area contributed by atoms with Gasteiger partial charge in [0.1, 0.15) is 0 Å². The van der Waals surface area contributed by atoms with E-state index in [2.05, 4.69) is 58.5 Å². The highest BCUT2D eigenvalue weighted by Crippen LogP contribution is 2.31. The molecule has 4 heteroatoms. The van der Waals surface area contributed by atoms with Gasteiger partial charge in [0.15, 0.2) is 0 Å². The number of aromatic nitrogens is 1. The zero-order valence-corrected chi connectivity index (χ0v) is 13.8. The van der Waals surface area contributed by atoms with Crippen molar-refractivity contribution in [3.63, 3.8) is 0 Å². The lowest BCUT2D eigenvalue weighted by Gasteiger charge is -2.10. The Labute approximate surface area is 141 Å². The summed E-state index contributed by atoms with van der Waals surface area (Å²) in [5.41, 5.74) is 5.44. The van der Waals surface area contributed by atoms with Crippen molar-refractivity contribution >= 4 is 16.8 Å². The Morgan fingerprint density at radius 2 is 2.00 bits per heavy atom. The zero-order valence-electron chi connectivity index (χ0n) is 13.8. The number of benzene rings is 2. The average Bonchev–Trinajstić information content (AvgIpc) is 2.90. The van der Waals surface area contributed by atoms with Gasteiger partial charge in [0.05, 0.1) is 11.1 Å². The van der Waals surface area contributed by atoms with Gasteiger partial charge in [-0.1, -0.05) is 43.3 Å². The summed E-state index contributed by atoms with van der Waals surface area (Å²) in [6, 6.07) is 16.8. The Morgan fingerprint density at radius 1 is 1.17 bits per heavy atom. The maximum Gasteiger partial charge on any atom is 0.253 e. The van der Waals surface area contributed by atoms with E-state index in [1.54, 1.807) is 0 Å². The number of nitrogens with one attached hydrogen (secondary N) is 2. The molecule has 1 aliphatic heterocycles. The predicted molar refractivity (Wildman–Crippen MR) is 97.1 cm³/mol. The molecule has 2 N–H and O–H groups in total. The van der Waals surface area contributed by atoms with Crippen LogP contribution in [0, 0.1) is 0 Å². The van der Waals surface area contributed by atoms with E-state index in [-0.39, 0.29) is 5.91 Å². The first kappa shape index (κ1) is 15.0. The van der Waals surface area contributed by atoms with Crippen molar-refractivity contribution in [3.8, 4) is 11.3 Å². The van der Waals surface area contributed by atoms with E-state index in [0.717, 1.165) is 36.1 Å². The number of hydrogen-bond donors (Lipinski definition) is 2. The summed E-state index contributed by atoms with van der Waals surface area (Å²) >= 11 is 0. The van der Waals surface area contributed by atoms with Crippen molar-refractivity contribution in [2.75, 3.05) is 13.1 Å². The topological polar surface area (TPSA) is 46.1 Å². The quantitative estimate of drug-likeness (QED) is 0.776. The van der Waals surface area contributed by atoms with E-state index in [0.29, 0.717) is 6.54 Å². The average molecular weight is 319 g/mol. The number of nitrogens with zero attached hydrogens (tertiary/aromatic N) is 1. The molecule has 0 saturated heterocycles. The molecule has 2 aromatic carbocycles. The second-order valence-corrected chi connectivity index (χ2v) is 6.16. The van der Waals surface area contributed by atoms with Crippen molar-refractivity contribution in [1.82, 2.24) is 15.2 Å². The van der Waals surface area contributed by atoms with Crippen LogP contribution in [0.2, 0.25) is 0 Å². The minimum absolute atomic E-state index is 0.0185. The van der Waals surface area contributed by atoms with E-state index >= 15 is 0 Å². The van der Waals surface area contributed by atoms with Gasteiger partial charge in [0.2, 0.25) is 0 Å². The molecule has 4 nitrogen and oxygen atoms in total. The summed E-state index contributed by atoms with van der Waals surface area (Å²) in [5.74, 6) is 0.0185. The molecule has 1 aromatic heterocycles. The van der Waals surface area contributed by atoms with Gasteiger partial charge in [0, 0.05) is 30.7 Å². The summed E-state index contributed by atoms with van der Waals surface area (Å²) in [5, 5.41) is 7.45. The standard InChI is InChI=1S/C20H21N3O/c1-2-21-13-14-6-8-15(9-7-14)18-12-16-4-3-5-17-19(16)23(18)11-10-22-20(17)24/h3-9,12,21H,2,10-11,13H2,1H3,(H,22,24). The summed E-state index contributed by atoms with van der Waals surface area (Å²) < 4.78 is 2.27. The molecule has 2 heterocycles. The summed E-state index contributed by atoms with van der Waals surface area (Å²) in [6.45, 7) is 5.42. The van der Waals surface area contributed by atoms with Crippen LogP contribution in [0.5, 0.6) is 0 Å². The largest absolute Gasteiger partial charge is 0.350 e. The van der Waals surface area contributed by atoms with Crippen LogP contribution in [0.15, 0.2) is 48.5 Å². The van der Waals surface area contributed by atoms with E-state index in [1.807, 2.05) is 12.1 Å². The molecule has 0 radical (unpaired) electrons. The van der Waals surface area contributed by atoms with Crippen LogP contribution in [0.1, 0.15) is 22.8 Å². The molecule has 0 atom stereocenters. The van der Waals surface area contributed by atoms with Gasteiger partial charge in [-0.05, 0) is 29.8 Å². The highest BCUT2D eigenvalue weighted by Gasteiger charge is 2.20. The first-order chi connectivity index (χ1) is 11.8. The second kappa shape index (κ2) is 6.13. The van der Waals surface area contributed by atoms with Gasteiger partial charge >= 0.3 is 0 Å². The van der Waals surface area contributed by atoms with Crippen LogP contribution < -0.4 is 10.6 Å². The molecule has 3 aromatic rings. The van der Waals surface area contributed by atoms with Crippen LogP contribution >= 0.6 is 0 Å². The van der Waals surface area contributed by atoms with Crippen LogP contribution in [0.3, 0.4) is 0 Å². The molecule has 24 heavy (non-hydrogen) atoms. The van der Waals surface area contributed by atoms with Gasteiger partial charge < -0.3 is 15.2 Å². The molecular weight excluding hydrogens is 298 g/mol. The molecule has 0 unspecified atom stereocenters. The van der Waals surface area contributed by atoms with Crippen molar-refractivity contribution < 1.29 is 4.79 Å². The second-order valence-electron chi connectivity index (χ2n) is 6.16. The molecule has 0 bridgehead atoms. The van der Waals surface area contributed by atoms with E-state index in [4.69, 9.17) is 0 Å². The highest BCUT2D eigenvalue weighted by atomic mass is 16.1. The lowest BCUT2D eigenvalue weighted by atomic mass is 10.1.